The highest BCUT2D eigenvalue weighted by molar-refractivity contribution is 6.08. The average Bonchev–Trinajstić information content (AvgIpc) is 3.33. The number of benzene rings is 2. The van der Waals surface area contributed by atoms with Crippen molar-refractivity contribution >= 4 is 17.8 Å². The van der Waals surface area contributed by atoms with Crippen molar-refractivity contribution in [2.75, 3.05) is 13.1 Å². The molecular formula is C25H23N5O4. The first-order valence-electron chi connectivity index (χ1n) is 11.0. The first-order chi connectivity index (χ1) is 16.5. The van der Waals surface area contributed by atoms with Crippen molar-refractivity contribution in [2.45, 2.75) is 19.0 Å². The van der Waals surface area contributed by atoms with Gasteiger partial charge in [0.05, 0.1) is 12.2 Å². The maximum Gasteiger partial charge on any atom is 0.322 e. The maximum atomic E-state index is 13.2. The molecule has 172 valence electrons. The molecule has 0 bridgehead atoms. The summed E-state index contributed by atoms with van der Waals surface area (Å²) in [7, 11) is 0. The van der Waals surface area contributed by atoms with Gasteiger partial charge in [-0.05, 0) is 42.3 Å². The Hall–Kier alpha value is -4.24. The molecule has 0 spiro atoms. The van der Waals surface area contributed by atoms with Crippen LogP contribution in [-0.4, -0.2) is 40.8 Å². The Morgan fingerprint density at radius 2 is 1.91 bits per heavy atom. The lowest BCUT2D eigenvalue weighted by Crippen LogP contribution is -2.52. The minimum absolute atomic E-state index is 0.00950. The van der Waals surface area contributed by atoms with Gasteiger partial charge in [-0.25, -0.2) is 4.79 Å². The zero-order valence-corrected chi connectivity index (χ0v) is 18.5. The van der Waals surface area contributed by atoms with E-state index in [2.05, 4.69) is 21.1 Å². The van der Waals surface area contributed by atoms with Crippen LogP contribution >= 0.6 is 0 Å². The second kappa shape index (κ2) is 8.60. The summed E-state index contributed by atoms with van der Waals surface area (Å²) >= 11 is 0. The molecule has 2 aliphatic rings. The summed E-state index contributed by atoms with van der Waals surface area (Å²) in [5.74, 6) is -0.194. The van der Waals surface area contributed by atoms with Gasteiger partial charge in [-0.2, -0.15) is 5.48 Å². The van der Waals surface area contributed by atoms with Crippen LogP contribution in [0.2, 0.25) is 0 Å². The van der Waals surface area contributed by atoms with Crippen molar-refractivity contribution in [1.29, 1.82) is 0 Å². The number of hydroxylamine groups is 1. The number of amides is 4. The summed E-state index contributed by atoms with van der Waals surface area (Å²) < 4.78 is 0. The van der Waals surface area contributed by atoms with Gasteiger partial charge >= 0.3 is 6.03 Å². The first-order valence-corrected chi connectivity index (χ1v) is 11.0. The molecule has 5 rings (SSSR count). The summed E-state index contributed by atoms with van der Waals surface area (Å²) in [5.41, 5.74) is 4.96. The predicted octanol–water partition coefficient (Wildman–Crippen LogP) is 2.34. The third kappa shape index (κ3) is 3.75. The van der Waals surface area contributed by atoms with E-state index in [1.807, 2.05) is 43.3 Å². The number of aromatic nitrogens is 1. The lowest BCUT2D eigenvalue weighted by Gasteiger charge is -2.31. The molecule has 1 aromatic heterocycles. The highest BCUT2D eigenvalue weighted by Gasteiger charge is 2.50. The zero-order chi connectivity index (χ0) is 23.7. The summed E-state index contributed by atoms with van der Waals surface area (Å²) in [6, 6.07) is 17.6. The molecule has 34 heavy (non-hydrogen) atoms. The van der Waals surface area contributed by atoms with Crippen LogP contribution in [0.1, 0.15) is 28.4 Å². The van der Waals surface area contributed by atoms with Gasteiger partial charge in [-0.3, -0.25) is 19.9 Å². The lowest BCUT2D eigenvalue weighted by atomic mass is 9.88. The molecule has 4 amide bonds. The number of hydrogen-bond acceptors (Lipinski definition) is 6. The Bertz CT molecular complexity index is 1260. The second-order valence-electron chi connectivity index (χ2n) is 8.19. The molecular weight excluding hydrogens is 434 g/mol. The van der Waals surface area contributed by atoms with Crippen molar-refractivity contribution in [1.82, 2.24) is 26.0 Å². The van der Waals surface area contributed by atoms with Gasteiger partial charge in [-0.15, -0.1) is 0 Å². The van der Waals surface area contributed by atoms with Crippen molar-refractivity contribution in [2.24, 2.45) is 0 Å². The van der Waals surface area contributed by atoms with Crippen LogP contribution in [-0.2, 0) is 16.9 Å². The van der Waals surface area contributed by atoms with Crippen molar-refractivity contribution < 1.29 is 19.2 Å². The van der Waals surface area contributed by atoms with Gasteiger partial charge in [0.25, 0.3) is 11.8 Å². The number of hydrogen-bond donors (Lipinski definition) is 3. The molecule has 0 aliphatic carbocycles. The number of fused-ring (bicyclic) bond motifs is 1. The molecule has 1 saturated heterocycles. The molecule has 3 heterocycles. The molecule has 3 aromatic rings. The van der Waals surface area contributed by atoms with Gasteiger partial charge in [0.15, 0.2) is 5.54 Å². The average molecular weight is 457 g/mol. The Morgan fingerprint density at radius 1 is 1.09 bits per heavy atom. The topological polar surface area (TPSA) is 113 Å². The number of imide groups is 1. The van der Waals surface area contributed by atoms with E-state index in [-0.39, 0.29) is 12.5 Å². The molecule has 0 saturated carbocycles. The normalized spacial score (nSPS) is 19.1. The largest absolute Gasteiger partial charge is 0.409 e. The lowest BCUT2D eigenvalue weighted by molar-refractivity contribution is -0.124. The summed E-state index contributed by atoms with van der Waals surface area (Å²) in [5, 5.41) is 5.09. The SMILES string of the molecule is CCNOc1ccc2c(c1)C(=O)N(C[C@@]1(c3ccc(-c4ccccn4)cc3)NC(=O)NC1=O)C2. The number of carbonyl (C=O) groups excluding carboxylic acids is 3. The first kappa shape index (κ1) is 21.6. The molecule has 2 aromatic carbocycles. The molecule has 1 fully saturated rings. The van der Waals surface area contributed by atoms with Gasteiger partial charge in [0, 0.05) is 30.4 Å². The van der Waals surface area contributed by atoms with E-state index in [9.17, 15) is 14.4 Å². The van der Waals surface area contributed by atoms with Gasteiger partial charge in [0.1, 0.15) is 5.75 Å². The van der Waals surface area contributed by atoms with E-state index in [1.54, 1.807) is 35.4 Å². The van der Waals surface area contributed by atoms with Gasteiger partial charge < -0.3 is 15.1 Å². The molecule has 9 heteroatoms. The fraction of sp³-hybridized carbons (Fsp3) is 0.200. The van der Waals surface area contributed by atoms with Crippen LogP contribution in [0.4, 0.5) is 4.79 Å². The number of pyridine rings is 1. The van der Waals surface area contributed by atoms with Crippen LogP contribution in [0, 0.1) is 0 Å². The minimum atomic E-state index is -1.40. The third-order valence-corrected chi connectivity index (χ3v) is 6.00. The monoisotopic (exact) mass is 457 g/mol. The standard InChI is InChI=1S/C25H23N5O4/c1-2-27-34-19-11-8-17-14-30(22(31)20(17)13-19)15-25(23(32)28-24(33)29-25)18-9-6-16(7-10-18)21-5-3-4-12-26-21/h3-13,27H,2,14-15H2,1H3,(H2,28,29,32,33)/t25-/m0/s1. The van der Waals surface area contributed by atoms with Gasteiger partial charge in [-0.1, -0.05) is 36.4 Å². The van der Waals surface area contributed by atoms with E-state index >= 15 is 0 Å². The summed E-state index contributed by atoms with van der Waals surface area (Å²) in [6.07, 6.45) is 1.71. The van der Waals surface area contributed by atoms with Crippen LogP contribution in [0.15, 0.2) is 66.9 Å². The number of urea groups is 1. The van der Waals surface area contributed by atoms with Crippen molar-refractivity contribution in [3.05, 3.63) is 83.6 Å². The van der Waals surface area contributed by atoms with Crippen LogP contribution < -0.4 is 21.0 Å². The van der Waals surface area contributed by atoms with E-state index in [4.69, 9.17) is 4.84 Å². The Labute approximate surface area is 196 Å². The smallest absolute Gasteiger partial charge is 0.322 e. The number of nitrogens with zero attached hydrogens (tertiary/aromatic N) is 2. The van der Waals surface area contributed by atoms with E-state index in [0.717, 1.165) is 16.8 Å². The third-order valence-electron chi connectivity index (χ3n) is 6.00. The zero-order valence-electron chi connectivity index (χ0n) is 18.5. The van der Waals surface area contributed by atoms with Crippen molar-refractivity contribution in [3.8, 4) is 17.0 Å². The second-order valence-corrected chi connectivity index (χ2v) is 8.19. The van der Waals surface area contributed by atoms with Crippen LogP contribution in [0.25, 0.3) is 11.3 Å². The van der Waals surface area contributed by atoms with Gasteiger partial charge in [0.2, 0.25) is 0 Å². The predicted molar refractivity (Wildman–Crippen MR) is 124 cm³/mol. The Balaban J connectivity index is 1.44. The number of rotatable bonds is 7. The Morgan fingerprint density at radius 3 is 2.59 bits per heavy atom. The highest BCUT2D eigenvalue weighted by atomic mass is 16.6. The van der Waals surface area contributed by atoms with Crippen LogP contribution in [0.3, 0.4) is 0 Å². The molecule has 2 aliphatic heterocycles. The van der Waals surface area contributed by atoms with Crippen LogP contribution in [0.5, 0.6) is 5.75 Å². The molecule has 0 radical (unpaired) electrons. The molecule has 3 N–H and O–H groups in total. The number of nitrogens with one attached hydrogen (secondary N) is 3. The molecule has 9 nitrogen and oxygen atoms in total. The summed E-state index contributed by atoms with van der Waals surface area (Å²) in [4.78, 5) is 49.7. The molecule has 1 atom stereocenters. The fourth-order valence-electron chi connectivity index (χ4n) is 4.33. The minimum Gasteiger partial charge on any atom is -0.409 e. The quantitative estimate of drug-likeness (QED) is 0.371. The van der Waals surface area contributed by atoms with E-state index in [0.29, 0.717) is 30.0 Å². The Kier molecular flexibility index (Phi) is 5.46. The van der Waals surface area contributed by atoms with Crippen molar-refractivity contribution in [3.63, 3.8) is 0 Å². The summed E-state index contributed by atoms with van der Waals surface area (Å²) in [6.45, 7) is 2.84. The number of carbonyl (C=O) groups is 3. The fourth-order valence-corrected chi connectivity index (χ4v) is 4.33. The van der Waals surface area contributed by atoms with E-state index < -0.39 is 17.5 Å². The highest BCUT2D eigenvalue weighted by Crippen LogP contribution is 2.33. The maximum absolute atomic E-state index is 13.2. The van der Waals surface area contributed by atoms with E-state index in [1.165, 1.54) is 0 Å². The molecule has 0 unspecified atom stereocenters.